The fourth-order valence-corrected chi connectivity index (χ4v) is 1.73. The first-order valence-corrected chi connectivity index (χ1v) is 6.53. The largest absolute Gasteiger partial charge is 0.389 e. The van der Waals surface area contributed by atoms with Crippen LogP contribution in [0.2, 0.25) is 0 Å². The van der Waals surface area contributed by atoms with E-state index in [4.69, 9.17) is 9.47 Å². The molecule has 2 unspecified atom stereocenters. The predicted octanol–water partition coefficient (Wildman–Crippen LogP) is 1.52. The van der Waals surface area contributed by atoms with E-state index in [1.807, 2.05) is 6.92 Å². The molecule has 0 aliphatic heterocycles. The average molecular weight is 247 g/mol. The molecule has 0 saturated heterocycles. The number of hydrogen-bond donors (Lipinski definition) is 1. The third-order valence-corrected chi connectivity index (χ3v) is 2.66. The Morgan fingerprint density at radius 3 is 2.29 bits per heavy atom. The second-order valence-electron chi connectivity index (χ2n) is 4.84. The van der Waals surface area contributed by atoms with Crippen LogP contribution in [0.25, 0.3) is 0 Å². The quantitative estimate of drug-likeness (QED) is 0.635. The van der Waals surface area contributed by atoms with Gasteiger partial charge in [0, 0.05) is 19.7 Å². The van der Waals surface area contributed by atoms with Crippen molar-refractivity contribution in [3.8, 4) is 0 Å². The van der Waals surface area contributed by atoms with Crippen LogP contribution in [0.1, 0.15) is 34.1 Å². The summed E-state index contributed by atoms with van der Waals surface area (Å²) in [5.41, 5.74) is 0. The molecule has 0 rings (SSSR count). The molecule has 0 radical (unpaired) electrons. The Morgan fingerprint density at radius 1 is 1.18 bits per heavy atom. The van der Waals surface area contributed by atoms with Gasteiger partial charge in [-0.3, -0.25) is 4.90 Å². The first-order valence-electron chi connectivity index (χ1n) is 6.53. The van der Waals surface area contributed by atoms with Crippen molar-refractivity contribution < 1.29 is 14.6 Å². The van der Waals surface area contributed by atoms with Gasteiger partial charge in [0.15, 0.2) is 0 Å². The van der Waals surface area contributed by atoms with Gasteiger partial charge in [0.25, 0.3) is 0 Å². The van der Waals surface area contributed by atoms with Crippen molar-refractivity contribution in [1.82, 2.24) is 4.90 Å². The van der Waals surface area contributed by atoms with Crippen molar-refractivity contribution in [3.05, 3.63) is 0 Å². The number of ether oxygens (including phenoxy) is 2. The standard InChI is InChI=1S/C13H29NO3/c1-6-7-14(11(2)3)8-13(15)10-17-12(4)9-16-5/h11-13,15H,6-10H2,1-5H3. The van der Waals surface area contributed by atoms with Gasteiger partial charge in [-0.15, -0.1) is 0 Å². The minimum absolute atomic E-state index is 0.0355. The highest BCUT2D eigenvalue weighted by molar-refractivity contribution is 4.68. The molecule has 0 aromatic rings. The summed E-state index contributed by atoms with van der Waals surface area (Å²) < 4.78 is 10.5. The summed E-state index contributed by atoms with van der Waals surface area (Å²) >= 11 is 0. The first-order chi connectivity index (χ1) is 8.01. The predicted molar refractivity (Wildman–Crippen MR) is 70.3 cm³/mol. The number of nitrogens with zero attached hydrogens (tertiary/aromatic N) is 1. The topological polar surface area (TPSA) is 41.9 Å². The van der Waals surface area contributed by atoms with Crippen LogP contribution in [-0.2, 0) is 9.47 Å². The molecule has 0 saturated carbocycles. The van der Waals surface area contributed by atoms with Crippen molar-refractivity contribution in [1.29, 1.82) is 0 Å². The number of methoxy groups -OCH3 is 1. The normalized spacial score (nSPS) is 15.5. The lowest BCUT2D eigenvalue weighted by Crippen LogP contribution is -2.40. The molecular weight excluding hydrogens is 218 g/mol. The van der Waals surface area contributed by atoms with Gasteiger partial charge in [-0.05, 0) is 33.7 Å². The van der Waals surface area contributed by atoms with E-state index in [0.717, 1.165) is 13.0 Å². The fraction of sp³-hybridized carbons (Fsp3) is 1.00. The van der Waals surface area contributed by atoms with Gasteiger partial charge < -0.3 is 14.6 Å². The molecule has 1 N–H and O–H groups in total. The Kier molecular flexibility index (Phi) is 9.74. The van der Waals surface area contributed by atoms with Gasteiger partial charge in [0.05, 0.1) is 25.4 Å². The molecule has 0 aliphatic rings. The maximum Gasteiger partial charge on any atom is 0.0900 e. The van der Waals surface area contributed by atoms with E-state index in [1.165, 1.54) is 0 Å². The van der Waals surface area contributed by atoms with Gasteiger partial charge in [-0.1, -0.05) is 6.92 Å². The maximum atomic E-state index is 9.90. The fourth-order valence-electron chi connectivity index (χ4n) is 1.73. The molecule has 17 heavy (non-hydrogen) atoms. The molecular formula is C13H29NO3. The number of rotatable bonds is 10. The molecule has 0 spiro atoms. The Hall–Kier alpha value is -0.160. The van der Waals surface area contributed by atoms with Crippen molar-refractivity contribution in [3.63, 3.8) is 0 Å². The lowest BCUT2D eigenvalue weighted by molar-refractivity contribution is -0.0418. The van der Waals surface area contributed by atoms with Gasteiger partial charge in [-0.25, -0.2) is 0 Å². The van der Waals surface area contributed by atoms with Crippen LogP contribution < -0.4 is 0 Å². The van der Waals surface area contributed by atoms with Gasteiger partial charge in [0.1, 0.15) is 0 Å². The summed E-state index contributed by atoms with van der Waals surface area (Å²) in [6.45, 7) is 11.0. The van der Waals surface area contributed by atoms with Gasteiger partial charge in [-0.2, -0.15) is 0 Å². The van der Waals surface area contributed by atoms with Gasteiger partial charge in [0.2, 0.25) is 0 Å². The molecule has 0 bridgehead atoms. The van der Waals surface area contributed by atoms with E-state index < -0.39 is 6.10 Å². The number of aliphatic hydroxyl groups excluding tert-OH is 1. The van der Waals surface area contributed by atoms with Crippen molar-refractivity contribution in [2.24, 2.45) is 0 Å². The van der Waals surface area contributed by atoms with Crippen LogP contribution >= 0.6 is 0 Å². The number of aliphatic hydroxyl groups is 1. The van der Waals surface area contributed by atoms with Crippen molar-refractivity contribution >= 4 is 0 Å². The second-order valence-corrected chi connectivity index (χ2v) is 4.84. The van der Waals surface area contributed by atoms with Crippen LogP contribution in [0.4, 0.5) is 0 Å². The summed E-state index contributed by atoms with van der Waals surface area (Å²) in [6.07, 6.45) is 0.711. The second kappa shape index (κ2) is 9.83. The molecule has 4 nitrogen and oxygen atoms in total. The molecule has 104 valence electrons. The minimum Gasteiger partial charge on any atom is -0.389 e. The molecule has 0 heterocycles. The Morgan fingerprint density at radius 2 is 1.82 bits per heavy atom. The molecule has 0 amide bonds. The highest BCUT2D eigenvalue weighted by Crippen LogP contribution is 2.03. The summed E-state index contributed by atoms with van der Waals surface area (Å²) in [7, 11) is 1.65. The number of hydrogen-bond acceptors (Lipinski definition) is 4. The summed E-state index contributed by atoms with van der Waals surface area (Å²) in [5, 5.41) is 9.90. The molecule has 2 atom stereocenters. The van der Waals surface area contributed by atoms with Crippen LogP contribution in [-0.4, -0.2) is 61.7 Å². The van der Waals surface area contributed by atoms with E-state index in [1.54, 1.807) is 7.11 Å². The zero-order valence-electron chi connectivity index (χ0n) is 12.0. The Bertz CT molecular complexity index is 176. The lowest BCUT2D eigenvalue weighted by atomic mass is 10.2. The van der Waals surface area contributed by atoms with Crippen LogP contribution in [0.3, 0.4) is 0 Å². The first kappa shape index (κ1) is 16.8. The third kappa shape index (κ3) is 8.55. The zero-order valence-corrected chi connectivity index (χ0v) is 12.0. The Labute approximate surface area is 106 Å². The molecule has 0 aromatic heterocycles. The molecule has 0 fully saturated rings. The van der Waals surface area contributed by atoms with Crippen molar-refractivity contribution in [2.45, 2.75) is 52.4 Å². The maximum absolute atomic E-state index is 9.90. The SMILES string of the molecule is CCCN(CC(O)COC(C)COC)C(C)C. The summed E-state index contributed by atoms with van der Waals surface area (Å²) in [5.74, 6) is 0. The highest BCUT2D eigenvalue weighted by atomic mass is 16.5. The lowest BCUT2D eigenvalue weighted by Gasteiger charge is -2.28. The summed E-state index contributed by atoms with van der Waals surface area (Å²) in [6, 6.07) is 0.459. The van der Waals surface area contributed by atoms with Gasteiger partial charge >= 0.3 is 0 Å². The monoisotopic (exact) mass is 247 g/mol. The smallest absolute Gasteiger partial charge is 0.0900 e. The highest BCUT2D eigenvalue weighted by Gasteiger charge is 2.15. The minimum atomic E-state index is -0.428. The summed E-state index contributed by atoms with van der Waals surface area (Å²) in [4.78, 5) is 2.27. The zero-order chi connectivity index (χ0) is 13.3. The van der Waals surface area contributed by atoms with E-state index >= 15 is 0 Å². The van der Waals surface area contributed by atoms with E-state index in [-0.39, 0.29) is 6.10 Å². The van der Waals surface area contributed by atoms with Crippen LogP contribution in [0, 0.1) is 0 Å². The molecule has 4 heteroatoms. The van der Waals surface area contributed by atoms with E-state index in [0.29, 0.717) is 25.8 Å². The third-order valence-electron chi connectivity index (χ3n) is 2.66. The molecule has 0 aliphatic carbocycles. The average Bonchev–Trinajstić information content (AvgIpc) is 2.26. The molecule has 0 aromatic carbocycles. The Balaban J connectivity index is 3.85. The van der Waals surface area contributed by atoms with Crippen LogP contribution in [0.15, 0.2) is 0 Å². The van der Waals surface area contributed by atoms with E-state index in [9.17, 15) is 5.11 Å². The van der Waals surface area contributed by atoms with Crippen molar-refractivity contribution in [2.75, 3.05) is 33.4 Å². The van der Waals surface area contributed by atoms with E-state index in [2.05, 4.69) is 25.7 Å². The van der Waals surface area contributed by atoms with Crippen LogP contribution in [0.5, 0.6) is 0 Å².